The van der Waals surface area contributed by atoms with E-state index in [2.05, 4.69) is 0 Å². The van der Waals surface area contributed by atoms with E-state index >= 15 is 0 Å². The lowest BCUT2D eigenvalue weighted by molar-refractivity contribution is -0.131. The smallest absolute Gasteiger partial charge is 0.328 e. The summed E-state index contributed by atoms with van der Waals surface area (Å²) < 4.78 is 5.65. The van der Waals surface area contributed by atoms with Crippen molar-refractivity contribution in [3.8, 4) is 11.5 Å². The van der Waals surface area contributed by atoms with E-state index in [4.69, 9.17) is 21.4 Å². The Kier molecular flexibility index (Phi) is 4.85. The molecule has 0 aliphatic carbocycles. The first-order valence-corrected chi connectivity index (χ1v) is 6.54. The Balaban J connectivity index is 2.20. The SMILES string of the molecule is O=C(O)/C=C/c1c(Cl)cccc1OCc1cccc(O)c1. The number of carbonyl (C=O) groups is 1. The van der Waals surface area contributed by atoms with Crippen molar-refractivity contribution in [2.75, 3.05) is 0 Å². The lowest BCUT2D eigenvalue weighted by atomic mass is 10.1. The fourth-order valence-corrected chi connectivity index (χ4v) is 2.00. The predicted octanol–water partition coefficient (Wildman–Crippen LogP) is 3.72. The molecule has 2 N–H and O–H groups in total. The third-order valence-electron chi connectivity index (χ3n) is 2.71. The van der Waals surface area contributed by atoms with Crippen LogP contribution in [0.3, 0.4) is 0 Å². The number of halogens is 1. The number of carboxylic acid groups (broad SMARTS) is 1. The average Bonchev–Trinajstić information content (AvgIpc) is 2.44. The standard InChI is InChI=1S/C16H13ClO4/c17-14-5-2-6-15(13(14)7-8-16(19)20)21-10-11-3-1-4-12(18)9-11/h1-9,18H,10H2,(H,19,20)/b8-7+. The molecule has 0 saturated heterocycles. The number of aromatic hydroxyl groups is 1. The van der Waals surface area contributed by atoms with E-state index < -0.39 is 5.97 Å². The normalized spacial score (nSPS) is 10.7. The van der Waals surface area contributed by atoms with Gasteiger partial charge in [-0.15, -0.1) is 0 Å². The molecule has 0 aliphatic rings. The van der Waals surface area contributed by atoms with Crippen LogP contribution in [0.15, 0.2) is 48.5 Å². The molecule has 0 spiro atoms. The summed E-state index contributed by atoms with van der Waals surface area (Å²) >= 11 is 6.06. The van der Waals surface area contributed by atoms with E-state index in [0.717, 1.165) is 11.6 Å². The van der Waals surface area contributed by atoms with E-state index in [1.165, 1.54) is 6.08 Å². The highest BCUT2D eigenvalue weighted by Crippen LogP contribution is 2.28. The van der Waals surface area contributed by atoms with Gasteiger partial charge in [-0.25, -0.2) is 4.79 Å². The van der Waals surface area contributed by atoms with Crippen LogP contribution in [-0.2, 0) is 11.4 Å². The molecule has 0 heterocycles. The fourth-order valence-electron chi connectivity index (χ4n) is 1.77. The number of rotatable bonds is 5. The molecule has 0 saturated carbocycles. The number of hydrogen-bond acceptors (Lipinski definition) is 3. The van der Waals surface area contributed by atoms with Crippen LogP contribution in [0.2, 0.25) is 5.02 Å². The van der Waals surface area contributed by atoms with Crippen LogP contribution in [0.5, 0.6) is 11.5 Å². The third-order valence-corrected chi connectivity index (χ3v) is 3.04. The average molecular weight is 305 g/mol. The van der Waals surface area contributed by atoms with Crippen molar-refractivity contribution in [2.45, 2.75) is 6.61 Å². The highest BCUT2D eigenvalue weighted by Gasteiger charge is 2.06. The number of benzene rings is 2. The van der Waals surface area contributed by atoms with Gasteiger partial charge in [0.2, 0.25) is 0 Å². The zero-order chi connectivity index (χ0) is 15.2. The zero-order valence-corrected chi connectivity index (χ0v) is 11.7. The van der Waals surface area contributed by atoms with Crippen LogP contribution in [0.1, 0.15) is 11.1 Å². The number of hydrogen-bond donors (Lipinski definition) is 2. The molecule has 108 valence electrons. The number of carboxylic acids is 1. The fraction of sp³-hybridized carbons (Fsp3) is 0.0625. The molecule has 2 aromatic carbocycles. The largest absolute Gasteiger partial charge is 0.508 e. The van der Waals surface area contributed by atoms with Crippen molar-refractivity contribution >= 4 is 23.6 Å². The van der Waals surface area contributed by atoms with Gasteiger partial charge in [-0.05, 0) is 35.9 Å². The lowest BCUT2D eigenvalue weighted by Crippen LogP contribution is -1.97. The molecule has 0 bridgehead atoms. The van der Waals surface area contributed by atoms with E-state index in [1.54, 1.807) is 36.4 Å². The summed E-state index contributed by atoms with van der Waals surface area (Å²) in [4.78, 5) is 10.6. The molecule has 2 aromatic rings. The van der Waals surface area contributed by atoms with Gasteiger partial charge in [-0.2, -0.15) is 0 Å². The Morgan fingerprint density at radius 3 is 2.71 bits per heavy atom. The van der Waals surface area contributed by atoms with Crippen LogP contribution >= 0.6 is 11.6 Å². The summed E-state index contributed by atoms with van der Waals surface area (Å²) in [5.74, 6) is -0.426. The van der Waals surface area contributed by atoms with Crippen molar-refractivity contribution in [1.29, 1.82) is 0 Å². The molecule has 0 amide bonds. The first-order chi connectivity index (χ1) is 10.1. The number of aliphatic carboxylic acids is 1. The molecule has 0 fully saturated rings. The molecular weight excluding hydrogens is 292 g/mol. The summed E-state index contributed by atoms with van der Waals surface area (Å²) in [5.41, 5.74) is 1.30. The maximum atomic E-state index is 10.6. The Hall–Kier alpha value is -2.46. The van der Waals surface area contributed by atoms with Gasteiger partial charge in [0.1, 0.15) is 18.1 Å². The second-order valence-electron chi connectivity index (χ2n) is 4.28. The van der Waals surface area contributed by atoms with Gasteiger partial charge in [-0.1, -0.05) is 29.8 Å². The highest BCUT2D eigenvalue weighted by atomic mass is 35.5. The van der Waals surface area contributed by atoms with Gasteiger partial charge >= 0.3 is 5.97 Å². The van der Waals surface area contributed by atoms with Crippen molar-refractivity contribution in [2.24, 2.45) is 0 Å². The lowest BCUT2D eigenvalue weighted by Gasteiger charge is -2.10. The number of phenolic OH excluding ortho intramolecular Hbond substituents is 1. The molecule has 4 nitrogen and oxygen atoms in total. The molecule has 0 aromatic heterocycles. The second-order valence-corrected chi connectivity index (χ2v) is 4.69. The van der Waals surface area contributed by atoms with E-state index in [9.17, 15) is 9.90 Å². The van der Waals surface area contributed by atoms with Gasteiger partial charge < -0.3 is 14.9 Å². The Morgan fingerprint density at radius 2 is 2.00 bits per heavy atom. The molecule has 0 atom stereocenters. The first-order valence-electron chi connectivity index (χ1n) is 6.16. The molecule has 0 aliphatic heterocycles. The van der Waals surface area contributed by atoms with Crippen molar-refractivity contribution < 1.29 is 19.7 Å². The monoisotopic (exact) mass is 304 g/mol. The Bertz CT molecular complexity index is 680. The van der Waals surface area contributed by atoms with Gasteiger partial charge in [0.25, 0.3) is 0 Å². The van der Waals surface area contributed by atoms with E-state index in [1.807, 2.05) is 6.07 Å². The van der Waals surface area contributed by atoms with Crippen molar-refractivity contribution in [3.63, 3.8) is 0 Å². The molecule has 5 heteroatoms. The van der Waals surface area contributed by atoms with E-state index in [0.29, 0.717) is 16.3 Å². The van der Waals surface area contributed by atoms with Crippen LogP contribution in [0, 0.1) is 0 Å². The third kappa shape index (κ3) is 4.26. The van der Waals surface area contributed by atoms with Crippen molar-refractivity contribution in [1.82, 2.24) is 0 Å². The topological polar surface area (TPSA) is 66.8 Å². The molecule has 21 heavy (non-hydrogen) atoms. The van der Waals surface area contributed by atoms with Crippen molar-refractivity contribution in [3.05, 3.63) is 64.7 Å². The maximum absolute atomic E-state index is 10.6. The minimum absolute atomic E-state index is 0.160. The maximum Gasteiger partial charge on any atom is 0.328 e. The van der Waals surface area contributed by atoms with Crippen LogP contribution < -0.4 is 4.74 Å². The molecule has 2 rings (SSSR count). The summed E-state index contributed by atoms with van der Waals surface area (Å²) in [7, 11) is 0. The number of phenols is 1. The van der Waals surface area contributed by atoms with Gasteiger partial charge in [0, 0.05) is 11.6 Å². The summed E-state index contributed by atoms with van der Waals surface area (Å²) in [6.07, 6.45) is 2.39. The molecule has 0 radical (unpaired) electrons. The molecular formula is C16H13ClO4. The van der Waals surface area contributed by atoms with Crippen LogP contribution in [0.25, 0.3) is 6.08 Å². The van der Waals surface area contributed by atoms with Gasteiger partial charge in [0.15, 0.2) is 0 Å². The van der Waals surface area contributed by atoms with E-state index in [-0.39, 0.29) is 12.4 Å². The van der Waals surface area contributed by atoms with Gasteiger partial charge in [-0.3, -0.25) is 0 Å². The summed E-state index contributed by atoms with van der Waals surface area (Å²) in [6, 6.07) is 11.8. The van der Waals surface area contributed by atoms with Gasteiger partial charge in [0.05, 0.1) is 5.02 Å². The molecule has 0 unspecified atom stereocenters. The minimum Gasteiger partial charge on any atom is -0.508 e. The Labute approximate surface area is 126 Å². The second kappa shape index (κ2) is 6.81. The Morgan fingerprint density at radius 1 is 1.24 bits per heavy atom. The summed E-state index contributed by atoms with van der Waals surface area (Å²) in [5, 5.41) is 18.5. The number of ether oxygens (including phenoxy) is 1. The summed E-state index contributed by atoms with van der Waals surface area (Å²) in [6.45, 7) is 0.239. The van der Waals surface area contributed by atoms with Crippen LogP contribution in [0.4, 0.5) is 0 Å². The zero-order valence-electron chi connectivity index (χ0n) is 11.0. The van der Waals surface area contributed by atoms with Crippen LogP contribution in [-0.4, -0.2) is 16.2 Å². The first kappa shape index (κ1) is 14.9. The minimum atomic E-state index is -1.06. The quantitative estimate of drug-likeness (QED) is 0.826. The highest BCUT2D eigenvalue weighted by molar-refractivity contribution is 6.32. The predicted molar refractivity (Wildman–Crippen MR) is 80.6 cm³/mol.